The summed E-state index contributed by atoms with van der Waals surface area (Å²) in [6, 6.07) is 17.9. The molecule has 0 bridgehead atoms. The van der Waals surface area contributed by atoms with E-state index in [-0.39, 0.29) is 5.78 Å². The zero-order valence-electron chi connectivity index (χ0n) is 16.5. The minimum Gasteiger partial charge on any atom is -0.385 e. The fraction of sp³-hybridized carbons (Fsp3) is 0.333. The summed E-state index contributed by atoms with van der Waals surface area (Å²) in [6.45, 7) is 3.22. The second-order valence-electron chi connectivity index (χ2n) is 6.96. The number of unbranched alkanes of at least 4 members (excludes halogenated alkanes) is 4. The molecule has 1 heterocycles. The van der Waals surface area contributed by atoms with E-state index in [0.717, 1.165) is 33.6 Å². The van der Waals surface area contributed by atoms with Gasteiger partial charge in [-0.1, -0.05) is 50.8 Å². The van der Waals surface area contributed by atoms with Crippen molar-refractivity contribution in [2.24, 2.45) is 0 Å². The highest BCUT2D eigenvalue weighted by molar-refractivity contribution is 8.00. The van der Waals surface area contributed by atoms with E-state index in [1.165, 1.54) is 32.1 Å². The van der Waals surface area contributed by atoms with Crippen molar-refractivity contribution < 1.29 is 4.79 Å². The van der Waals surface area contributed by atoms with Crippen molar-refractivity contribution in [2.45, 2.75) is 43.9 Å². The number of aromatic nitrogens is 1. The predicted octanol–water partition coefficient (Wildman–Crippen LogP) is 6.59. The van der Waals surface area contributed by atoms with E-state index in [2.05, 4.69) is 23.3 Å². The van der Waals surface area contributed by atoms with E-state index in [4.69, 9.17) is 0 Å². The van der Waals surface area contributed by atoms with Crippen molar-refractivity contribution in [1.82, 2.24) is 4.98 Å². The van der Waals surface area contributed by atoms with Crippen LogP contribution in [-0.4, -0.2) is 23.1 Å². The second kappa shape index (κ2) is 10.9. The van der Waals surface area contributed by atoms with Crippen LogP contribution in [0.2, 0.25) is 0 Å². The fourth-order valence-electron chi connectivity index (χ4n) is 3.16. The molecule has 3 aromatic rings. The lowest BCUT2D eigenvalue weighted by atomic mass is 10.1. The molecule has 0 atom stereocenters. The van der Waals surface area contributed by atoms with E-state index >= 15 is 0 Å². The zero-order valence-corrected chi connectivity index (χ0v) is 17.3. The zero-order chi connectivity index (χ0) is 19.6. The van der Waals surface area contributed by atoms with Gasteiger partial charge in [0.05, 0.1) is 11.3 Å². The summed E-state index contributed by atoms with van der Waals surface area (Å²) in [5.74, 6) is 0.579. The lowest BCUT2D eigenvalue weighted by Crippen LogP contribution is -2.04. The van der Waals surface area contributed by atoms with Crippen molar-refractivity contribution >= 4 is 34.1 Å². The van der Waals surface area contributed by atoms with Crippen LogP contribution in [0.4, 0.5) is 5.69 Å². The lowest BCUT2D eigenvalue weighted by Gasteiger charge is -2.08. The van der Waals surface area contributed by atoms with Crippen LogP contribution in [-0.2, 0) is 0 Å². The lowest BCUT2D eigenvalue weighted by molar-refractivity contribution is 0.102. The number of para-hydroxylation sites is 1. The quantitative estimate of drug-likeness (QED) is 0.227. The van der Waals surface area contributed by atoms with Gasteiger partial charge in [-0.15, -0.1) is 11.8 Å². The molecule has 0 aliphatic rings. The number of rotatable bonds is 11. The van der Waals surface area contributed by atoms with Gasteiger partial charge in [0, 0.05) is 34.3 Å². The third-order valence-corrected chi connectivity index (χ3v) is 5.86. The molecule has 0 amide bonds. The van der Waals surface area contributed by atoms with Crippen molar-refractivity contribution in [2.75, 3.05) is 17.6 Å². The van der Waals surface area contributed by atoms with Gasteiger partial charge < -0.3 is 5.32 Å². The van der Waals surface area contributed by atoms with Crippen LogP contribution in [0.3, 0.4) is 0 Å². The number of fused-ring (bicyclic) bond motifs is 1. The molecule has 4 heteroatoms. The number of nitrogens with zero attached hydrogens (tertiary/aromatic N) is 1. The van der Waals surface area contributed by atoms with Gasteiger partial charge >= 0.3 is 0 Å². The Hall–Kier alpha value is -2.33. The Labute approximate surface area is 172 Å². The number of hydrogen-bond donors (Lipinski definition) is 1. The summed E-state index contributed by atoms with van der Waals surface area (Å²) in [5, 5.41) is 4.54. The van der Waals surface area contributed by atoms with Crippen molar-refractivity contribution in [3.8, 4) is 0 Å². The first-order valence-corrected chi connectivity index (χ1v) is 11.1. The van der Waals surface area contributed by atoms with Crippen molar-refractivity contribution in [3.63, 3.8) is 0 Å². The molecule has 0 aliphatic carbocycles. The average Bonchev–Trinajstić information content (AvgIpc) is 2.75. The Morgan fingerprint density at radius 2 is 1.75 bits per heavy atom. The Kier molecular flexibility index (Phi) is 7.92. The van der Waals surface area contributed by atoms with Crippen LogP contribution < -0.4 is 5.32 Å². The summed E-state index contributed by atoms with van der Waals surface area (Å²) < 4.78 is 0. The van der Waals surface area contributed by atoms with Crippen LogP contribution in [0, 0.1) is 0 Å². The van der Waals surface area contributed by atoms with E-state index in [1.807, 2.05) is 48.5 Å². The molecule has 28 heavy (non-hydrogen) atoms. The molecule has 146 valence electrons. The molecular formula is C24H28N2OS. The maximum absolute atomic E-state index is 12.6. The van der Waals surface area contributed by atoms with E-state index in [0.29, 0.717) is 5.75 Å². The first-order chi connectivity index (χ1) is 13.8. The van der Waals surface area contributed by atoms with Crippen LogP contribution in [0.1, 0.15) is 49.4 Å². The number of carbonyl (C=O) groups is 1. The summed E-state index contributed by atoms with van der Waals surface area (Å²) in [7, 11) is 0. The number of thioether (sulfide) groups is 1. The molecule has 0 aliphatic heterocycles. The Balaban J connectivity index is 1.49. The first kappa shape index (κ1) is 20.4. The maximum atomic E-state index is 12.6. The highest BCUT2D eigenvalue weighted by atomic mass is 32.2. The minimum absolute atomic E-state index is 0.150. The highest BCUT2D eigenvalue weighted by Crippen LogP contribution is 2.27. The SMILES string of the molecule is CCCCCCCNc1ccc(C(=O)CSc2ccnc3ccccc23)cc1. The third kappa shape index (κ3) is 5.83. The molecular weight excluding hydrogens is 364 g/mol. The van der Waals surface area contributed by atoms with Gasteiger partial charge in [0.2, 0.25) is 0 Å². The molecule has 3 rings (SSSR count). The number of ketones is 1. The second-order valence-corrected chi connectivity index (χ2v) is 7.97. The first-order valence-electron chi connectivity index (χ1n) is 10.1. The smallest absolute Gasteiger partial charge is 0.173 e. The van der Waals surface area contributed by atoms with Gasteiger partial charge in [-0.2, -0.15) is 0 Å². The molecule has 0 saturated heterocycles. The Morgan fingerprint density at radius 1 is 0.964 bits per heavy atom. The van der Waals surface area contributed by atoms with Gasteiger partial charge in [0.25, 0.3) is 0 Å². The number of pyridine rings is 1. The molecule has 2 aromatic carbocycles. The summed E-state index contributed by atoms with van der Waals surface area (Å²) in [6.07, 6.45) is 8.19. The van der Waals surface area contributed by atoms with Gasteiger partial charge in [-0.05, 0) is 42.8 Å². The average molecular weight is 393 g/mol. The van der Waals surface area contributed by atoms with E-state index < -0.39 is 0 Å². The molecule has 1 aromatic heterocycles. The Morgan fingerprint density at radius 3 is 2.57 bits per heavy atom. The molecule has 0 unspecified atom stereocenters. The number of hydrogen-bond acceptors (Lipinski definition) is 4. The Bertz CT molecular complexity index is 887. The standard InChI is InChI=1S/C24H28N2OS/c1-2-3-4-5-8-16-25-20-13-11-19(12-14-20)23(27)18-28-24-15-17-26-22-10-7-6-9-21(22)24/h6-7,9-15,17,25H,2-5,8,16,18H2,1H3. The monoisotopic (exact) mass is 392 g/mol. The number of carbonyl (C=O) groups excluding carboxylic acids is 1. The van der Waals surface area contributed by atoms with E-state index in [9.17, 15) is 4.79 Å². The van der Waals surface area contributed by atoms with E-state index in [1.54, 1.807) is 18.0 Å². The maximum Gasteiger partial charge on any atom is 0.173 e. The predicted molar refractivity (Wildman–Crippen MR) is 120 cm³/mol. The number of nitrogens with one attached hydrogen (secondary N) is 1. The summed E-state index contributed by atoms with van der Waals surface area (Å²) >= 11 is 1.58. The van der Waals surface area contributed by atoms with Gasteiger partial charge in [0.1, 0.15) is 0 Å². The van der Waals surface area contributed by atoms with Crippen LogP contribution in [0.5, 0.6) is 0 Å². The molecule has 0 spiro atoms. The highest BCUT2D eigenvalue weighted by Gasteiger charge is 2.09. The minimum atomic E-state index is 0.150. The van der Waals surface area contributed by atoms with Crippen LogP contribution in [0.15, 0.2) is 65.7 Å². The summed E-state index contributed by atoms with van der Waals surface area (Å²) in [5.41, 5.74) is 2.81. The van der Waals surface area contributed by atoms with Gasteiger partial charge in [-0.25, -0.2) is 0 Å². The topological polar surface area (TPSA) is 42.0 Å². The van der Waals surface area contributed by atoms with Crippen LogP contribution in [0.25, 0.3) is 10.9 Å². The number of Topliss-reactive ketones (excluding diaryl/α,β-unsaturated/α-hetero) is 1. The summed E-state index contributed by atoms with van der Waals surface area (Å²) in [4.78, 5) is 18.0. The molecule has 1 N–H and O–H groups in total. The van der Waals surface area contributed by atoms with Crippen LogP contribution >= 0.6 is 11.8 Å². The normalized spacial score (nSPS) is 10.9. The van der Waals surface area contributed by atoms with Gasteiger partial charge in [-0.3, -0.25) is 9.78 Å². The molecule has 0 radical (unpaired) electrons. The van der Waals surface area contributed by atoms with Crippen molar-refractivity contribution in [3.05, 3.63) is 66.4 Å². The number of anilines is 1. The third-order valence-electron chi connectivity index (χ3n) is 4.78. The fourth-order valence-corrected chi connectivity index (χ4v) is 4.10. The molecule has 0 fully saturated rings. The van der Waals surface area contributed by atoms with Gasteiger partial charge in [0.15, 0.2) is 5.78 Å². The molecule has 0 saturated carbocycles. The largest absolute Gasteiger partial charge is 0.385 e. The molecule has 3 nitrogen and oxygen atoms in total. The van der Waals surface area contributed by atoms with Crippen molar-refractivity contribution in [1.29, 1.82) is 0 Å². The number of benzene rings is 2.